The molecule has 0 saturated carbocycles. The van der Waals surface area contributed by atoms with Crippen LogP contribution in [0.4, 0.5) is 0 Å². The fourth-order valence-electron chi connectivity index (χ4n) is 3.38. The summed E-state index contributed by atoms with van der Waals surface area (Å²) in [5.41, 5.74) is 7.13. The number of hydrogen-bond donors (Lipinski definition) is 1. The molecule has 4 nitrogen and oxygen atoms in total. The number of benzene rings is 2. The molecule has 0 bridgehead atoms. The van der Waals surface area contributed by atoms with E-state index in [1.54, 1.807) is 48.5 Å². The van der Waals surface area contributed by atoms with Crippen LogP contribution in [0.2, 0.25) is 5.02 Å². The molecule has 1 heterocycles. The van der Waals surface area contributed by atoms with Crippen molar-refractivity contribution in [2.24, 2.45) is 11.7 Å². The van der Waals surface area contributed by atoms with Gasteiger partial charge in [0.2, 0.25) is 0 Å². The second-order valence-electron chi connectivity index (χ2n) is 6.53. The first-order valence-electron chi connectivity index (χ1n) is 8.41. The monoisotopic (exact) mass is 392 g/mol. The molecule has 1 aliphatic heterocycles. The summed E-state index contributed by atoms with van der Waals surface area (Å²) in [6, 6.07) is 13.8. The van der Waals surface area contributed by atoms with Crippen LogP contribution in [-0.4, -0.2) is 35.7 Å². The van der Waals surface area contributed by atoms with Crippen LogP contribution in [0.5, 0.6) is 0 Å². The molecule has 1 saturated heterocycles. The molecule has 0 aliphatic carbocycles. The van der Waals surface area contributed by atoms with Gasteiger partial charge in [-0.1, -0.05) is 29.8 Å². The molecule has 0 radical (unpaired) electrons. The minimum absolute atomic E-state index is 0. The number of likely N-dealkylation sites (tertiary alicyclic amines) is 1. The summed E-state index contributed by atoms with van der Waals surface area (Å²) in [6.45, 7) is 3.23. The smallest absolute Gasteiger partial charge is 0.254 e. The third-order valence-electron chi connectivity index (χ3n) is 4.76. The van der Waals surface area contributed by atoms with Gasteiger partial charge in [-0.3, -0.25) is 9.59 Å². The van der Waals surface area contributed by atoms with Gasteiger partial charge in [0.15, 0.2) is 5.78 Å². The third kappa shape index (κ3) is 4.09. The van der Waals surface area contributed by atoms with Gasteiger partial charge in [0.1, 0.15) is 0 Å². The van der Waals surface area contributed by atoms with Gasteiger partial charge in [0.25, 0.3) is 5.91 Å². The van der Waals surface area contributed by atoms with E-state index < -0.39 is 0 Å². The summed E-state index contributed by atoms with van der Waals surface area (Å²) in [5.74, 6) is 0.0299. The average Bonchev–Trinajstić information content (AvgIpc) is 3.02. The number of nitrogens with two attached hydrogens (primary N) is 1. The van der Waals surface area contributed by atoms with Crippen LogP contribution in [-0.2, 0) is 0 Å². The summed E-state index contributed by atoms with van der Waals surface area (Å²) in [7, 11) is 0. The number of carbonyl (C=O) groups is 2. The van der Waals surface area contributed by atoms with E-state index >= 15 is 0 Å². The molecule has 1 amide bonds. The number of ketones is 1. The van der Waals surface area contributed by atoms with Crippen LogP contribution >= 0.6 is 24.0 Å². The van der Waals surface area contributed by atoms with E-state index in [0.717, 1.165) is 6.42 Å². The molecular weight excluding hydrogens is 371 g/mol. The van der Waals surface area contributed by atoms with E-state index in [4.69, 9.17) is 17.3 Å². The Hall–Kier alpha value is -1.88. The fourth-order valence-corrected chi connectivity index (χ4v) is 3.50. The van der Waals surface area contributed by atoms with Gasteiger partial charge in [0.05, 0.1) is 5.56 Å². The minimum atomic E-state index is -0.178. The maximum absolute atomic E-state index is 13.0. The van der Waals surface area contributed by atoms with E-state index in [1.807, 2.05) is 11.8 Å². The maximum Gasteiger partial charge on any atom is 0.254 e. The van der Waals surface area contributed by atoms with E-state index in [1.165, 1.54) is 0 Å². The Labute approximate surface area is 164 Å². The van der Waals surface area contributed by atoms with Gasteiger partial charge < -0.3 is 10.6 Å². The zero-order valence-electron chi connectivity index (χ0n) is 14.5. The Kier molecular flexibility index (Phi) is 6.81. The number of amides is 1. The normalized spacial score (nSPS) is 19.1. The highest BCUT2D eigenvalue weighted by molar-refractivity contribution is 6.30. The van der Waals surface area contributed by atoms with Crippen LogP contribution in [0.1, 0.15) is 39.6 Å². The summed E-state index contributed by atoms with van der Waals surface area (Å²) in [5, 5.41) is 0.569. The summed E-state index contributed by atoms with van der Waals surface area (Å²) in [4.78, 5) is 27.7. The molecule has 0 spiro atoms. The summed E-state index contributed by atoms with van der Waals surface area (Å²) >= 11 is 5.89. The second kappa shape index (κ2) is 8.67. The highest BCUT2D eigenvalue weighted by Gasteiger charge is 2.33. The van der Waals surface area contributed by atoms with Crippen molar-refractivity contribution in [1.29, 1.82) is 0 Å². The number of carbonyl (C=O) groups excluding carboxylic acids is 2. The second-order valence-corrected chi connectivity index (χ2v) is 6.96. The molecule has 2 aromatic rings. The SMILES string of the molecule is CC1CC(CN)CN1C(=O)c1ccccc1C(=O)c1ccc(Cl)cc1.Cl. The van der Waals surface area contributed by atoms with Crippen molar-refractivity contribution >= 4 is 35.7 Å². The lowest BCUT2D eigenvalue weighted by Crippen LogP contribution is -2.35. The largest absolute Gasteiger partial charge is 0.336 e. The van der Waals surface area contributed by atoms with E-state index in [9.17, 15) is 9.59 Å². The van der Waals surface area contributed by atoms with Crippen molar-refractivity contribution in [3.05, 3.63) is 70.2 Å². The Morgan fingerprint density at radius 3 is 2.31 bits per heavy atom. The van der Waals surface area contributed by atoms with Crippen LogP contribution in [0.25, 0.3) is 0 Å². The van der Waals surface area contributed by atoms with Crippen molar-refractivity contribution in [1.82, 2.24) is 4.90 Å². The molecule has 3 rings (SSSR count). The first kappa shape index (κ1) is 20.4. The molecule has 1 aliphatic rings. The minimum Gasteiger partial charge on any atom is -0.336 e. The Bertz CT molecular complexity index is 793. The van der Waals surface area contributed by atoms with E-state index in [2.05, 4.69) is 0 Å². The van der Waals surface area contributed by atoms with Gasteiger partial charge in [0, 0.05) is 28.7 Å². The van der Waals surface area contributed by atoms with Crippen molar-refractivity contribution in [2.75, 3.05) is 13.1 Å². The zero-order valence-corrected chi connectivity index (χ0v) is 16.1. The van der Waals surface area contributed by atoms with E-state index in [-0.39, 0.29) is 30.1 Å². The lowest BCUT2D eigenvalue weighted by molar-refractivity contribution is 0.0739. The molecule has 2 N–H and O–H groups in total. The molecule has 2 unspecified atom stereocenters. The number of nitrogens with zero attached hydrogens (tertiary/aromatic N) is 1. The fraction of sp³-hybridized carbons (Fsp3) is 0.300. The van der Waals surface area contributed by atoms with Gasteiger partial charge in [-0.25, -0.2) is 0 Å². The van der Waals surface area contributed by atoms with Crippen molar-refractivity contribution < 1.29 is 9.59 Å². The Balaban J connectivity index is 0.00000243. The average molecular weight is 393 g/mol. The topological polar surface area (TPSA) is 63.4 Å². The lowest BCUT2D eigenvalue weighted by atomic mass is 9.97. The number of rotatable bonds is 4. The van der Waals surface area contributed by atoms with Crippen molar-refractivity contribution in [3.63, 3.8) is 0 Å². The van der Waals surface area contributed by atoms with Gasteiger partial charge in [-0.2, -0.15) is 0 Å². The predicted octanol–water partition coefficient (Wildman–Crippen LogP) is 3.80. The van der Waals surface area contributed by atoms with Gasteiger partial charge >= 0.3 is 0 Å². The Morgan fingerprint density at radius 2 is 1.73 bits per heavy atom. The number of hydrogen-bond acceptors (Lipinski definition) is 3. The summed E-state index contributed by atoms with van der Waals surface area (Å²) < 4.78 is 0. The van der Waals surface area contributed by atoms with Crippen molar-refractivity contribution in [3.8, 4) is 0 Å². The standard InChI is InChI=1S/C20H21ClN2O2.ClH/c1-13-10-14(11-22)12-23(13)20(25)18-5-3-2-4-17(18)19(24)15-6-8-16(21)9-7-15;/h2-9,13-14H,10-12,22H2,1H3;1H. The predicted molar refractivity (Wildman–Crippen MR) is 106 cm³/mol. The quantitative estimate of drug-likeness (QED) is 0.804. The molecule has 0 aromatic heterocycles. The molecule has 138 valence electrons. The Morgan fingerprint density at radius 1 is 1.12 bits per heavy atom. The van der Waals surface area contributed by atoms with Crippen LogP contribution in [0, 0.1) is 5.92 Å². The van der Waals surface area contributed by atoms with Gasteiger partial charge in [-0.15, -0.1) is 12.4 Å². The molecule has 6 heteroatoms. The van der Waals surface area contributed by atoms with Crippen LogP contribution in [0.15, 0.2) is 48.5 Å². The highest BCUT2D eigenvalue weighted by atomic mass is 35.5. The van der Waals surface area contributed by atoms with Gasteiger partial charge in [-0.05, 0) is 56.1 Å². The lowest BCUT2D eigenvalue weighted by Gasteiger charge is -2.22. The first-order valence-corrected chi connectivity index (χ1v) is 8.79. The molecule has 2 aromatic carbocycles. The zero-order chi connectivity index (χ0) is 18.0. The first-order chi connectivity index (χ1) is 12.0. The number of halogens is 2. The van der Waals surface area contributed by atoms with Crippen molar-refractivity contribution in [2.45, 2.75) is 19.4 Å². The van der Waals surface area contributed by atoms with Crippen LogP contribution < -0.4 is 5.73 Å². The highest BCUT2D eigenvalue weighted by Crippen LogP contribution is 2.26. The molecule has 26 heavy (non-hydrogen) atoms. The molecule has 2 atom stereocenters. The summed E-state index contributed by atoms with van der Waals surface area (Å²) in [6.07, 6.45) is 0.898. The molecule has 1 fully saturated rings. The molecular formula is C20H22Cl2N2O2. The third-order valence-corrected chi connectivity index (χ3v) is 5.02. The maximum atomic E-state index is 13.0. The van der Waals surface area contributed by atoms with Crippen LogP contribution in [0.3, 0.4) is 0 Å². The van der Waals surface area contributed by atoms with E-state index in [0.29, 0.717) is 40.7 Å².